The van der Waals surface area contributed by atoms with E-state index in [9.17, 15) is 0 Å². The summed E-state index contributed by atoms with van der Waals surface area (Å²) in [6.07, 6.45) is 5.41. The molecule has 0 aliphatic heterocycles. The molecule has 1 saturated carbocycles. The summed E-state index contributed by atoms with van der Waals surface area (Å²) in [4.78, 5) is 11.0. The lowest BCUT2D eigenvalue weighted by atomic mass is 10.1. The quantitative estimate of drug-likeness (QED) is 0.820. The fourth-order valence-corrected chi connectivity index (χ4v) is 2.70. The third-order valence-electron chi connectivity index (χ3n) is 3.64. The van der Waals surface area contributed by atoms with Gasteiger partial charge in [0.1, 0.15) is 17.5 Å². The van der Waals surface area contributed by atoms with Crippen molar-refractivity contribution in [2.75, 3.05) is 37.0 Å². The van der Waals surface area contributed by atoms with Gasteiger partial charge in [0, 0.05) is 26.2 Å². The van der Waals surface area contributed by atoms with Gasteiger partial charge in [-0.1, -0.05) is 12.8 Å². The Morgan fingerprint density at radius 2 is 2.11 bits per heavy atom. The van der Waals surface area contributed by atoms with E-state index in [0.29, 0.717) is 6.54 Å². The van der Waals surface area contributed by atoms with E-state index in [0.717, 1.165) is 29.9 Å². The second kappa shape index (κ2) is 6.70. The van der Waals surface area contributed by atoms with Gasteiger partial charge in [0.2, 0.25) is 0 Å². The van der Waals surface area contributed by atoms with Crippen LogP contribution in [-0.2, 0) is 0 Å². The molecule has 0 bridgehead atoms. The van der Waals surface area contributed by atoms with Crippen LogP contribution in [0.4, 0.5) is 11.6 Å². The zero-order valence-electron chi connectivity index (χ0n) is 11.9. The lowest BCUT2D eigenvalue weighted by Crippen LogP contribution is -2.25. The molecule has 0 radical (unpaired) electrons. The minimum atomic E-state index is 0.107. The number of hydrogen-bond acceptors (Lipinski definition) is 5. The van der Waals surface area contributed by atoms with Crippen LogP contribution in [0, 0.1) is 12.8 Å². The van der Waals surface area contributed by atoms with Crippen molar-refractivity contribution in [2.45, 2.75) is 32.6 Å². The van der Waals surface area contributed by atoms with Gasteiger partial charge in [0.05, 0.1) is 6.61 Å². The van der Waals surface area contributed by atoms with E-state index in [1.165, 1.54) is 25.7 Å². The minimum absolute atomic E-state index is 0.107. The molecule has 1 aromatic heterocycles. The molecule has 1 aliphatic rings. The molecule has 1 aliphatic carbocycles. The predicted molar refractivity (Wildman–Crippen MR) is 77.6 cm³/mol. The molecule has 0 atom stereocenters. The Morgan fingerprint density at radius 1 is 1.37 bits per heavy atom. The Kier molecular flexibility index (Phi) is 4.96. The molecule has 2 N–H and O–H groups in total. The van der Waals surface area contributed by atoms with Crippen LogP contribution in [0.2, 0.25) is 0 Å². The fourth-order valence-electron chi connectivity index (χ4n) is 2.70. The van der Waals surface area contributed by atoms with Crippen LogP contribution < -0.4 is 10.2 Å². The molecule has 0 saturated heterocycles. The highest BCUT2D eigenvalue weighted by Crippen LogP contribution is 2.26. The number of aliphatic hydroxyl groups is 1. The van der Waals surface area contributed by atoms with E-state index < -0.39 is 0 Å². The highest BCUT2D eigenvalue weighted by Gasteiger charge is 2.18. The van der Waals surface area contributed by atoms with Gasteiger partial charge in [0.15, 0.2) is 0 Å². The molecule has 5 heteroatoms. The third kappa shape index (κ3) is 4.06. The summed E-state index contributed by atoms with van der Waals surface area (Å²) in [6.45, 7) is 3.59. The van der Waals surface area contributed by atoms with Crippen molar-refractivity contribution in [1.82, 2.24) is 9.97 Å². The minimum Gasteiger partial charge on any atom is -0.395 e. The molecule has 0 amide bonds. The van der Waals surface area contributed by atoms with Crippen LogP contribution in [0.15, 0.2) is 6.07 Å². The number of aliphatic hydroxyl groups excluding tert-OH is 1. The summed E-state index contributed by atoms with van der Waals surface area (Å²) in [5.74, 6) is 3.31. The molecular weight excluding hydrogens is 240 g/mol. The zero-order valence-corrected chi connectivity index (χ0v) is 11.9. The first-order valence-corrected chi connectivity index (χ1v) is 7.10. The Labute approximate surface area is 115 Å². The number of aromatic nitrogens is 2. The first-order chi connectivity index (χ1) is 9.19. The van der Waals surface area contributed by atoms with Gasteiger partial charge in [-0.3, -0.25) is 0 Å². The van der Waals surface area contributed by atoms with Crippen LogP contribution in [0.25, 0.3) is 0 Å². The fraction of sp³-hybridized carbons (Fsp3) is 0.714. The van der Waals surface area contributed by atoms with E-state index in [4.69, 9.17) is 5.11 Å². The molecule has 0 spiro atoms. The van der Waals surface area contributed by atoms with Crippen LogP contribution in [0.1, 0.15) is 31.5 Å². The van der Waals surface area contributed by atoms with Gasteiger partial charge in [-0.2, -0.15) is 0 Å². The predicted octanol–water partition coefficient (Wildman–Crippen LogP) is 1.82. The average molecular weight is 264 g/mol. The standard InChI is InChI=1S/C14H24N4O/c1-11-16-13(15-7-8-19)9-14(17-11)18(2)10-12-5-3-4-6-12/h9,12,19H,3-8,10H2,1-2H3,(H,15,16,17). The van der Waals surface area contributed by atoms with Gasteiger partial charge in [-0.25, -0.2) is 9.97 Å². The second-order valence-electron chi connectivity index (χ2n) is 5.34. The van der Waals surface area contributed by atoms with Crippen LogP contribution in [0.5, 0.6) is 0 Å². The maximum Gasteiger partial charge on any atom is 0.134 e. The highest BCUT2D eigenvalue weighted by molar-refractivity contribution is 5.49. The van der Waals surface area contributed by atoms with Crippen molar-refractivity contribution in [3.8, 4) is 0 Å². The summed E-state index contributed by atoms with van der Waals surface area (Å²) in [5, 5.41) is 11.9. The topological polar surface area (TPSA) is 61.3 Å². The molecule has 1 fully saturated rings. The number of hydrogen-bond donors (Lipinski definition) is 2. The molecular formula is C14H24N4O. The Morgan fingerprint density at radius 3 is 2.79 bits per heavy atom. The Balaban J connectivity index is 2.02. The van der Waals surface area contributed by atoms with Gasteiger partial charge >= 0.3 is 0 Å². The van der Waals surface area contributed by atoms with Crippen molar-refractivity contribution >= 4 is 11.6 Å². The largest absolute Gasteiger partial charge is 0.395 e. The lowest BCUT2D eigenvalue weighted by Gasteiger charge is -2.22. The normalized spacial score (nSPS) is 15.7. The van der Waals surface area contributed by atoms with Crippen molar-refractivity contribution < 1.29 is 5.11 Å². The molecule has 0 unspecified atom stereocenters. The van der Waals surface area contributed by atoms with Crippen LogP contribution in [-0.4, -0.2) is 41.8 Å². The monoisotopic (exact) mass is 264 g/mol. The molecule has 19 heavy (non-hydrogen) atoms. The van der Waals surface area contributed by atoms with Crippen molar-refractivity contribution in [2.24, 2.45) is 5.92 Å². The number of aryl methyl sites for hydroxylation is 1. The van der Waals surface area contributed by atoms with Gasteiger partial charge in [-0.05, 0) is 25.7 Å². The van der Waals surface area contributed by atoms with E-state index in [1.54, 1.807) is 0 Å². The number of nitrogens with zero attached hydrogens (tertiary/aromatic N) is 3. The van der Waals surface area contributed by atoms with Crippen molar-refractivity contribution in [3.63, 3.8) is 0 Å². The highest BCUT2D eigenvalue weighted by atomic mass is 16.3. The Hall–Kier alpha value is -1.36. The maximum absolute atomic E-state index is 8.85. The number of rotatable bonds is 6. The molecule has 1 aromatic rings. The van der Waals surface area contributed by atoms with Crippen LogP contribution >= 0.6 is 0 Å². The summed E-state index contributed by atoms with van der Waals surface area (Å²) in [6, 6.07) is 1.96. The van der Waals surface area contributed by atoms with Gasteiger partial charge < -0.3 is 15.3 Å². The zero-order chi connectivity index (χ0) is 13.7. The number of anilines is 2. The average Bonchev–Trinajstić information content (AvgIpc) is 2.88. The molecule has 1 heterocycles. The van der Waals surface area contributed by atoms with E-state index >= 15 is 0 Å². The van der Waals surface area contributed by atoms with E-state index in [2.05, 4.69) is 27.2 Å². The van der Waals surface area contributed by atoms with Gasteiger partial charge in [0.25, 0.3) is 0 Å². The van der Waals surface area contributed by atoms with E-state index in [1.807, 2.05) is 13.0 Å². The first kappa shape index (κ1) is 14.1. The number of nitrogens with one attached hydrogen (secondary N) is 1. The molecule has 106 valence electrons. The second-order valence-corrected chi connectivity index (χ2v) is 5.34. The maximum atomic E-state index is 8.85. The first-order valence-electron chi connectivity index (χ1n) is 7.10. The summed E-state index contributed by atoms with van der Waals surface area (Å²) < 4.78 is 0. The third-order valence-corrected chi connectivity index (χ3v) is 3.64. The summed E-state index contributed by atoms with van der Waals surface area (Å²) in [7, 11) is 2.09. The van der Waals surface area contributed by atoms with Gasteiger partial charge in [-0.15, -0.1) is 0 Å². The van der Waals surface area contributed by atoms with Crippen molar-refractivity contribution in [1.29, 1.82) is 0 Å². The molecule has 2 rings (SSSR count). The Bertz CT molecular complexity index is 404. The van der Waals surface area contributed by atoms with E-state index in [-0.39, 0.29) is 6.61 Å². The van der Waals surface area contributed by atoms with Crippen molar-refractivity contribution in [3.05, 3.63) is 11.9 Å². The molecule has 0 aromatic carbocycles. The van der Waals surface area contributed by atoms with Crippen LogP contribution in [0.3, 0.4) is 0 Å². The smallest absolute Gasteiger partial charge is 0.134 e. The lowest BCUT2D eigenvalue weighted by molar-refractivity contribution is 0.311. The summed E-state index contributed by atoms with van der Waals surface area (Å²) in [5.41, 5.74) is 0. The summed E-state index contributed by atoms with van der Waals surface area (Å²) >= 11 is 0. The molecule has 5 nitrogen and oxygen atoms in total. The SMILES string of the molecule is Cc1nc(NCCO)cc(N(C)CC2CCCC2)n1.